The Hall–Kier alpha value is -4.03. The Labute approximate surface area is 313 Å². The van der Waals surface area contributed by atoms with Crippen LogP contribution in [0.2, 0.25) is 20.1 Å². The van der Waals surface area contributed by atoms with E-state index in [4.69, 9.17) is 52.1 Å². The molecule has 51 heavy (non-hydrogen) atoms. The van der Waals surface area contributed by atoms with Crippen LogP contribution in [0.3, 0.4) is 0 Å². The maximum absolute atomic E-state index is 13.1. The van der Waals surface area contributed by atoms with E-state index in [0.717, 1.165) is 74.1 Å². The molecule has 2 amide bonds. The van der Waals surface area contributed by atoms with E-state index in [2.05, 4.69) is 29.9 Å². The summed E-state index contributed by atoms with van der Waals surface area (Å²) in [5, 5.41) is 2.40. The van der Waals surface area contributed by atoms with E-state index in [9.17, 15) is 13.6 Å². The van der Waals surface area contributed by atoms with Gasteiger partial charge in [-0.15, -0.1) is 0 Å². The molecular formula is C36H36Cl4F2N8O. The fraction of sp³-hybridized carbons (Fsp3) is 0.306. The number of carbonyl (C=O) groups excluding carboxylic acids is 1. The van der Waals surface area contributed by atoms with Crippen LogP contribution in [0.1, 0.15) is 61.3 Å². The van der Waals surface area contributed by atoms with E-state index >= 15 is 0 Å². The number of H-pyrrole nitrogens is 2. The smallest absolute Gasteiger partial charge is 0.315 e. The topological polar surface area (TPSA) is 129 Å². The van der Waals surface area contributed by atoms with Crippen LogP contribution in [0.5, 0.6) is 0 Å². The summed E-state index contributed by atoms with van der Waals surface area (Å²) in [5.74, 6) is 0.542. The van der Waals surface area contributed by atoms with Crippen LogP contribution in [0.4, 0.5) is 13.6 Å². The molecule has 0 atom stereocenters. The monoisotopic (exact) mass is 774 g/mol. The number of hydrogen-bond acceptors (Lipinski definition) is 5. The molecule has 6 rings (SSSR count). The van der Waals surface area contributed by atoms with Crippen molar-refractivity contribution in [1.29, 1.82) is 0 Å². The average Bonchev–Trinajstić information content (AvgIpc) is 3.66. The van der Waals surface area contributed by atoms with Crippen molar-refractivity contribution in [3.05, 3.63) is 115 Å². The van der Waals surface area contributed by atoms with Gasteiger partial charge in [-0.2, -0.15) is 18.7 Å². The minimum Gasteiger partial charge on any atom is -0.351 e. The number of rotatable bonds is 14. The van der Waals surface area contributed by atoms with Crippen LogP contribution in [0.25, 0.3) is 22.3 Å². The second kappa shape index (κ2) is 18.5. The van der Waals surface area contributed by atoms with E-state index in [1.807, 2.05) is 12.1 Å². The Morgan fingerprint density at radius 1 is 0.608 bits per heavy atom. The zero-order chi connectivity index (χ0) is 36.3. The fourth-order valence-electron chi connectivity index (χ4n) is 5.59. The molecule has 0 saturated heterocycles. The maximum atomic E-state index is 13.1. The quantitative estimate of drug-likeness (QED) is 0.0749. The molecule has 0 unspecified atom stereocenters. The number of nitrogens with two attached hydrogens (primary N) is 1. The molecule has 15 heteroatoms. The van der Waals surface area contributed by atoms with E-state index in [1.165, 1.54) is 22.6 Å². The van der Waals surface area contributed by atoms with Crippen LogP contribution in [-0.2, 0) is 25.8 Å². The first-order valence-corrected chi connectivity index (χ1v) is 18.0. The third-order valence-corrected chi connectivity index (χ3v) is 8.85. The molecule has 4 aromatic heterocycles. The summed E-state index contributed by atoms with van der Waals surface area (Å²) in [6, 6.07) is 16.2. The Balaban J connectivity index is 0.000000199. The number of urea groups is 1. The Kier molecular flexibility index (Phi) is 13.8. The largest absolute Gasteiger partial charge is 0.351 e. The zero-order valence-electron chi connectivity index (χ0n) is 27.5. The number of aromatic amines is 2. The van der Waals surface area contributed by atoms with Gasteiger partial charge in [0, 0.05) is 46.0 Å². The van der Waals surface area contributed by atoms with E-state index in [1.54, 1.807) is 36.4 Å². The molecule has 0 bridgehead atoms. The van der Waals surface area contributed by atoms with Gasteiger partial charge < -0.3 is 20.6 Å². The molecule has 4 heterocycles. The van der Waals surface area contributed by atoms with E-state index in [0.29, 0.717) is 56.4 Å². The Bertz CT molecular complexity index is 2050. The number of benzene rings is 2. The molecule has 0 saturated carbocycles. The lowest BCUT2D eigenvalue weighted by Crippen LogP contribution is -2.36. The Morgan fingerprint density at radius 3 is 1.55 bits per heavy atom. The number of aryl methyl sites for hydroxylation is 3. The first-order valence-electron chi connectivity index (χ1n) is 16.5. The van der Waals surface area contributed by atoms with Gasteiger partial charge in [0.2, 0.25) is 11.9 Å². The van der Waals surface area contributed by atoms with Crippen molar-refractivity contribution >= 4 is 74.8 Å². The van der Waals surface area contributed by atoms with Gasteiger partial charge in [0.05, 0.1) is 11.0 Å². The number of amides is 2. The van der Waals surface area contributed by atoms with Crippen LogP contribution < -0.4 is 5.73 Å². The van der Waals surface area contributed by atoms with Crippen molar-refractivity contribution in [2.45, 2.75) is 64.3 Å². The molecule has 0 aliphatic rings. The van der Waals surface area contributed by atoms with Crippen LogP contribution in [0.15, 0.2) is 60.7 Å². The number of carbonyl (C=O) groups is 1. The maximum Gasteiger partial charge on any atom is 0.315 e. The van der Waals surface area contributed by atoms with Crippen molar-refractivity contribution in [1.82, 2.24) is 34.8 Å². The third-order valence-electron chi connectivity index (χ3n) is 7.97. The first-order chi connectivity index (χ1) is 24.5. The highest BCUT2D eigenvalue weighted by atomic mass is 35.5. The lowest BCUT2D eigenvalue weighted by molar-refractivity contribution is 0.203. The number of imidazole rings is 2. The average molecular weight is 777 g/mol. The second-order valence-corrected chi connectivity index (χ2v) is 13.8. The predicted octanol–water partition coefficient (Wildman–Crippen LogP) is 10.1. The highest BCUT2D eigenvalue weighted by Gasteiger charge is 2.12. The number of primary amides is 1. The number of pyridine rings is 2. The van der Waals surface area contributed by atoms with Crippen LogP contribution in [-0.4, -0.2) is 47.4 Å². The summed E-state index contributed by atoms with van der Waals surface area (Å²) in [6.07, 6.45) is 8.40. The van der Waals surface area contributed by atoms with E-state index in [-0.39, 0.29) is 0 Å². The molecular weight excluding hydrogens is 740 g/mol. The van der Waals surface area contributed by atoms with Crippen LogP contribution >= 0.6 is 46.4 Å². The highest BCUT2D eigenvalue weighted by Crippen LogP contribution is 2.22. The molecule has 9 nitrogen and oxygen atoms in total. The Morgan fingerprint density at radius 2 is 1.06 bits per heavy atom. The summed E-state index contributed by atoms with van der Waals surface area (Å²) in [7, 11) is 0. The first kappa shape index (κ1) is 38.2. The number of aromatic nitrogens is 6. The standard InChI is InChI=1S/C18H18Cl2FN5O.C18H18Cl2FN3/c19-12-7-11(8-13(20)9-12)10-26(18(22)27)6-2-1-3-16-23-14-4-5-15(21)24-17(14)25-16;19-13-9-12(10-14(20)11-13)5-3-1-2-4-6-17-22-15-7-8-16(21)23-18(15)24-17/h4-5,7-9H,1-3,6,10H2,(H2,22,27)(H,23,24,25);7-11H,1-6H2,(H,22,23,24). The number of nitrogens with one attached hydrogen (secondary N) is 2. The van der Waals surface area contributed by atoms with Gasteiger partial charge in [0.25, 0.3) is 0 Å². The lowest BCUT2D eigenvalue weighted by Gasteiger charge is -2.20. The van der Waals surface area contributed by atoms with Gasteiger partial charge in [-0.25, -0.2) is 14.8 Å². The predicted molar refractivity (Wildman–Crippen MR) is 199 cm³/mol. The minimum absolute atomic E-state index is 0.337. The summed E-state index contributed by atoms with van der Waals surface area (Å²) in [6.45, 7) is 0.829. The number of nitrogens with zero attached hydrogens (tertiary/aromatic N) is 5. The zero-order valence-corrected chi connectivity index (χ0v) is 30.6. The molecule has 0 spiro atoms. The number of hydrogen-bond donors (Lipinski definition) is 3. The van der Waals surface area contributed by atoms with Crippen molar-refractivity contribution in [3.63, 3.8) is 0 Å². The highest BCUT2D eigenvalue weighted by molar-refractivity contribution is 6.35. The van der Waals surface area contributed by atoms with Crippen molar-refractivity contribution in [2.24, 2.45) is 5.73 Å². The summed E-state index contributed by atoms with van der Waals surface area (Å²) < 4.78 is 26.2. The summed E-state index contributed by atoms with van der Waals surface area (Å²) in [4.78, 5) is 35.6. The molecule has 0 aliphatic heterocycles. The number of fused-ring (bicyclic) bond motifs is 2. The lowest BCUT2D eigenvalue weighted by atomic mass is 10.1. The van der Waals surface area contributed by atoms with Crippen molar-refractivity contribution in [2.75, 3.05) is 6.54 Å². The minimum atomic E-state index is -0.557. The van der Waals surface area contributed by atoms with Gasteiger partial charge in [0.1, 0.15) is 11.6 Å². The van der Waals surface area contributed by atoms with Gasteiger partial charge in [-0.1, -0.05) is 59.2 Å². The SMILES string of the molecule is Fc1ccc2[nH]c(CCCCCCc3cc(Cl)cc(Cl)c3)nc2n1.NC(=O)N(CCCCc1nc2nc(F)ccc2[nH]1)Cc1cc(Cl)cc(Cl)c1. The van der Waals surface area contributed by atoms with Gasteiger partial charge in [0.15, 0.2) is 11.3 Å². The van der Waals surface area contributed by atoms with E-state index < -0.39 is 17.9 Å². The molecule has 2 aromatic carbocycles. The van der Waals surface area contributed by atoms with Crippen molar-refractivity contribution in [3.8, 4) is 0 Å². The second-order valence-electron chi connectivity index (χ2n) is 12.1. The molecule has 4 N–H and O–H groups in total. The molecule has 6 aromatic rings. The third kappa shape index (κ3) is 12.0. The summed E-state index contributed by atoms with van der Waals surface area (Å²) in [5.41, 5.74) is 9.76. The van der Waals surface area contributed by atoms with Crippen molar-refractivity contribution < 1.29 is 13.6 Å². The normalized spacial score (nSPS) is 11.2. The summed E-state index contributed by atoms with van der Waals surface area (Å²) >= 11 is 24.0. The molecule has 0 aliphatic carbocycles. The number of halogens is 6. The molecule has 0 fully saturated rings. The van der Waals surface area contributed by atoms with Gasteiger partial charge in [-0.05, 0) is 104 Å². The molecule has 0 radical (unpaired) electrons. The fourth-order valence-corrected chi connectivity index (χ4v) is 6.73. The molecule has 268 valence electrons. The van der Waals surface area contributed by atoms with Crippen LogP contribution in [0, 0.1) is 11.9 Å². The number of unbranched alkanes of at least 4 members (excludes halogenated alkanes) is 4. The van der Waals surface area contributed by atoms with Gasteiger partial charge >= 0.3 is 6.03 Å². The van der Waals surface area contributed by atoms with Gasteiger partial charge in [-0.3, -0.25) is 0 Å².